The van der Waals surface area contributed by atoms with Gasteiger partial charge in [-0.15, -0.1) is 0 Å². The lowest BCUT2D eigenvalue weighted by Gasteiger charge is -2.24. The molecule has 13 heavy (non-hydrogen) atoms. The third-order valence-corrected chi connectivity index (χ3v) is 2.33. The topological polar surface area (TPSA) is 61.5 Å². The van der Waals surface area contributed by atoms with Gasteiger partial charge in [-0.25, -0.2) is 0 Å². The van der Waals surface area contributed by atoms with Crippen LogP contribution in [0.5, 0.6) is 0 Å². The Labute approximate surface area is 78.4 Å². The van der Waals surface area contributed by atoms with Gasteiger partial charge in [-0.3, -0.25) is 4.79 Å². The highest BCUT2D eigenvalue weighted by atomic mass is 16.5. The number of nitrogens with two attached hydrogens (primary N) is 1. The van der Waals surface area contributed by atoms with Crippen LogP contribution < -0.4 is 5.73 Å². The fraction of sp³-hybridized carbons (Fsp3) is 0.889. The zero-order chi connectivity index (χ0) is 9.90. The van der Waals surface area contributed by atoms with Crippen molar-refractivity contribution in [1.29, 1.82) is 0 Å². The zero-order valence-corrected chi connectivity index (χ0v) is 8.21. The first kappa shape index (κ1) is 10.5. The first-order valence-electron chi connectivity index (χ1n) is 4.55. The summed E-state index contributed by atoms with van der Waals surface area (Å²) in [6.07, 6.45) is 2.71. The molecule has 1 fully saturated rings. The van der Waals surface area contributed by atoms with Gasteiger partial charge in [0.25, 0.3) is 0 Å². The van der Waals surface area contributed by atoms with Crippen LogP contribution >= 0.6 is 0 Å². The van der Waals surface area contributed by atoms with Crippen LogP contribution in [-0.2, 0) is 14.3 Å². The monoisotopic (exact) mass is 187 g/mol. The van der Waals surface area contributed by atoms with Crippen molar-refractivity contribution in [2.45, 2.75) is 37.8 Å². The molecule has 0 aromatic rings. The summed E-state index contributed by atoms with van der Waals surface area (Å²) in [5, 5.41) is 0. The molecule has 2 unspecified atom stereocenters. The number of ether oxygens (including phenoxy) is 2. The van der Waals surface area contributed by atoms with Gasteiger partial charge >= 0.3 is 5.97 Å². The maximum atomic E-state index is 11.2. The van der Waals surface area contributed by atoms with Crippen molar-refractivity contribution < 1.29 is 14.3 Å². The lowest BCUT2D eigenvalue weighted by Crippen LogP contribution is -2.48. The summed E-state index contributed by atoms with van der Waals surface area (Å²) in [6.45, 7) is 2.46. The van der Waals surface area contributed by atoms with Gasteiger partial charge in [0.15, 0.2) is 0 Å². The van der Waals surface area contributed by atoms with Gasteiger partial charge in [0, 0.05) is 13.0 Å². The number of esters is 1. The number of hydrogen-bond donors (Lipinski definition) is 1. The first-order chi connectivity index (χ1) is 6.06. The fourth-order valence-electron chi connectivity index (χ4n) is 1.59. The van der Waals surface area contributed by atoms with Crippen LogP contribution in [0.25, 0.3) is 0 Å². The third kappa shape index (κ3) is 2.67. The molecule has 0 aliphatic carbocycles. The highest BCUT2D eigenvalue weighted by Crippen LogP contribution is 2.21. The molecule has 1 heterocycles. The summed E-state index contributed by atoms with van der Waals surface area (Å²) in [5.41, 5.74) is 4.88. The van der Waals surface area contributed by atoms with Crippen molar-refractivity contribution in [1.82, 2.24) is 0 Å². The number of carbonyl (C=O) groups excluding carboxylic acids is 1. The predicted octanol–water partition coefficient (Wildman–Crippen LogP) is 0.446. The second kappa shape index (κ2) is 4.07. The van der Waals surface area contributed by atoms with E-state index in [-0.39, 0.29) is 12.1 Å². The Balaban J connectivity index is 2.44. The van der Waals surface area contributed by atoms with E-state index in [0.717, 1.165) is 19.4 Å². The van der Waals surface area contributed by atoms with E-state index in [1.165, 1.54) is 7.11 Å². The Morgan fingerprint density at radius 3 is 2.92 bits per heavy atom. The predicted molar refractivity (Wildman–Crippen MR) is 48.2 cm³/mol. The average Bonchev–Trinajstić information content (AvgIpc) is 2.54. The quantitative estimate of drug-likeness (QED) is 0.651. The molecule has 4 nitrogen and oxygen atoms in total. The molecule has 2 atom stereocenters. The lowest BCUT2D eigenvalue weighted by molar-refractivity contribution is -0.147. The molecule has 1 rings (SSSR count). The van der Waals surface area contributed by atoms with Crippen LogP contribution in [0, 0.1) is 0 Å². The van der Waals surface area contributed by atoms with Crippen LogP contribution in [0.4, 0.5) is 0 Å². The molecule has 1 aliphatic heterocycles. The van der Waals surface area contributed by atoms with Crippen molar-refractivity contribution in [2.24, 2.45) is 5.73 Å². The summed E-state index contributed by atoms with van der Waals surface area (Å²) in [5.74, 6) is -0.372. The number of hydrogen-bond acceptors (Lipinski definition) is 4. The van der Waals surface area contributed by atoms with E-state index in [2.05, 4.69) is 4.74 Å². The highest BCUT2D eigenvalue weighted by molar-refractivity contribution is 5.79. The molecular weight excluding hydrogens is 170 g/mol. The number of carbonyl (C=O) groups is 1. The largest absolute Gasteiger partial charge is 0.468 e. The average molecular weight is 187 g/mol. The maximum Gasteiger partial charge on any atom is 0.325 e. The molecule has 76 valence electrons. The van der Waals surface area contributed by atoms with Crippen LogP contribution in [0.3, 0.4) is 0 Å². The van der Waals surface area contributed by atoms with Crippen LogP contribution in [0.2, 0.25) is 0 Å². The van der Waals surface area contributed by atoms with E-state index in [9.17, 15) is 4.79 Å². The van der Waals surface area contributed by atoms with Gasteiger partial charge in [0.1, 0.15) is 5.54 Å². The molecule has 1 saturated heterocycles. The summed E-state index contributed by atoms with van der Waals surface area (Å²) >= 11 is 0. The van der Waals surface area contributed by atoms with E-state index < -0.39 is 5.54 Å². The molecule has 0 spiro atoms. The van der Waals surface area contributed by atoms with Crippen molar-refractivity contribution >= 4 is 5.97 Å². The van der Waals surface area contributed by atoms with Crippen molar-refractivity contribution in [3.8, 4) is 0 Å². The van der Waals surface area contributed by atoms with Gasteiger partial charge in [-0.2, -0.15) is 0 Å². The van der Waals surface area contributed by atoms with Gasteiger partial charge in [0.05, 0.1) is 13.2 Å². The second-order valence-electron chi connectivity index (χ2n) is 3.75. The maximum absolute atomic E-state index is 11.2. The smallest absolute Gasteiger partial charge is 0.325 e. The Morgan fingerprint density at radius 1 is 1.77 bits per heavy atom. The first-order valence-corrected chi connectivity index (χ1v) is 4.55. The summed E-state index contributed by atoms with van der Waals surface area (Å²) in [6, 6.07) is 0. The van der Waals surface area contributed by atoms with Gasteiger partial charge < -0.3 is 15.2 Å². The standard InChI is InChI=1S/C9H17NO3/c1-9(10,8(11)12-2)6-7-4-3-5-13-7/h7H,3-6,10H2,1-2H3. The molecule has 0 aromatic heterocycles. The molecule has 0 aromatic carbocycles. The number of methoxy groups -OCH3 is 1. The van der Waals surface area contributed by atoms with E-state index in [0.29, 0.717) is 6.42 Å². The van der Waals surface area contributed by atoms with E-state index >= 15 is 0 Å². The second-order valence-corrected chi connectivity index (χ2v) is 3.75. The van der Waals surface area contributed by atoms with Gasteiger partial charge in [0.2, 0.25) is 0 Å². The van der Waals surface area contributed by atoms with E-state index in [1.807, 2.05) is 0 Å². The number of rotatable bonds is 3. The van der Waals surface area contributed by atoms with Gasteiger partial charge in [-0.1, -0.05) is 0 Å². The minimum absolute atomic E-state index is 0.120. The van der Waals surface area contributed by atoms with Gasteiger partial charge in [-0.05, 0) is 19.8 Å². The third-order valence-electron chi connectivity index (χ3n) is 2.33. The molecule has 4 heteroatoms. The SMILES string of the molecule is COC(=O)C(C)(N)CC1CCCO1. The molecule has 0 radical (unpaired) electrons. The summed E-state index contributed by atoms with van der Waals surface area (Å²) < 4.78 is 10.0. The minimum atomic E-state index is -0.913. The molecular formula is C9H17NO3. The van der Waals surface area contributed by atoms with Crippen LogP contribution in [0.15, 0.2) is 0 Å². The minimum Gasteiger partial charge on any atom is -0.468 e. The van der Waals surface area contributed by atoms with Crippen molar-refractivity contribution in [3.05, 3.63) is 0 Å². The Kier molecular flexibility index (Phi) is 3.27. The van der Waals surface area contributed by atoms with Crippen molar-refractivity contribution in [3.63, 3.8) is 0 Å². The normalized spacial score (nSPS) is 26.8. The Bertz CT molecular complexity index is 185. The Hall–Kier alpha value is -0.610. The molecule has 0 bridgehead atoms. The molecule has 2 N–H and O–H groups in total. The van der Waals surface area contributed by atoms with Crippen molar-refractivity contribution in [2.75, 3.05) is 13.7 Å². The van der Waals surface area contributed by atoms with Crippen LogP contribution in [-0.4, -0.2) is 31.3 Å². The Morgan fingerprint density at radius 2 is 2.46 bits per heavy atom. The summed E-state index contributed by atoms with van der Waals surface area (Å²) in [7, 11) is 1.35. The van der Waals surface area contributed by atoms with Crippen LogP contribution in [0.1, 0.15) is 26.2 Å². The highest BCUT2D eigenvalue weighted by Gasteiger charge is 2.34. The summed E-state index contributed by atoms with van der Waals surface area (Å²) in [4.78, 5) is 11.2. The fourth-order valence-corrected chi connectivity index (χ4v) is 1.59. The van der Waals surface area contributed by atoms with E-state index in [1.54, 1.807) is 6.92 Å². The lowest BCUT2D eigenvalue weighted by atomic mass is 9.94. The molecule has 0 saturated carbocycles. The molecule has 1 aliphatic rings. The van der Waals surface area contributed by atoms with E-state index in [4.69, 9.17) is 10.5 Å². The molecule has 0 amide bonds. The zero-order valence-electron chi connectivity index (χ0n) is 8.21.